The maximum absolute atomic E-state index is 12.5. The molecular formula is C16H18F6O3. The van der Waals surface area contributed by atoms with Gasteiger partial charge in [-0.25, -0.2) is 4.79 Å². The van der Waals surface area contributed by atoms with E-state index in [1.165, 1.54) is 12.1 Å². The first-order chi connectivity index (χ1) is 11.2. The van der Waals surface area contributed by atoms with Crippen LogP contribution in [-0.4, -0.2) is 29.0 Å². The first-order valence-electron chi connectivity index (χ1n) is 7.29. The maximum atomic E-state index is 12.5. The fourth-order valence-electron chi connectivity index (χ4n) is 1.90. The number of hydrogen-bond acceptors (Lipinski definition) is 3. The number of rotatable bonds is 5. The largest absolute Gasteiger partial charge is 0.458 e. The Bertz CT molecular complexity index is 588. The summed E-state index contributed by atoms with van der Waals surface area (Å²) in [5.74, 6) is -2.81. The van der Waals surface area contributed by atoms with E-state index in [1.54, 1.807) is 12.1 Å². The molecule has 142 valence electrons. The fourth-order valence-corrected chi connectivity index (χ4v) is 1.90. The Balaban J connectivity index is 2.92. The monoisotopic (exact) mass is 372 g/mol. The molecule has 1 rings (SSSR count). The standard InChI is InChI=1S/C16H18F6O3/c1-4-13(2,3)11-7-5-10(6-8-11)9-25-12(23)14(24,15(17,18)19)16(20,21)22/h5-8,24H,4,9H2,1-3H3. The molecule has 0 bridgehead atoms. The van der Waals surface area contributed by atoms with E-state index < -0.39 is 30.5 Å². The van der Waals surface area contributed by atoms with Crippen LogP contribution >= 0.6 is 0 Å². The summed E-state index contributed by atoms with van der Waals surface area (Å²) in [6.07, 6.45) is -11.7. The summed E-state index contributed by atoms with van der Waals surface area (Å²) in [7, 11) is 0. The Morgan fingerprint density at radius 3 is 1.80 bits per heavy atom. The second kappa shape index (κ2) is 6.86. The first kappa shape index (κ1) is 21.3. The van der Waals surface area contributed by atoms with E-state index >= 15 is 0 Å². The second-order valence-corrected chi connectivity index (χ2v) is 6.22. The molecule has 0 fully saturated rings. The van der Waals surface area contributed by atoms with Crippen molar-refractivity contribution in [2.24, 2.45) is 0 Å². The minimum absolute atomic E-state index is 0.165. The highest BCUT2D eigenvalue weighted by molar-refractivity contribution is 5.81. The Hall–Kier alpha value is -1.77. The molecule has 0 atom stereocenters. The number of halogens is 6. The molecule has 0 aliphatic carbocycles. The predicted octanol–water partition coefficient (Wildman–Crippen LogP) is 4.27. The van der Waals surface area contributed by atoms with Crippen molar-refractivity contribution in [1.82, 2.24) is 0 Å². The van der Waals surface area contributed by atoms with Gasteiger partial charge in [-0.15, -0.1) is 0 Å². The Kier molecular flexibility index (Phi) is 5.83. The molecule has 1 N–H and O–H groups in total. The van der Waals surface area contributed by atoms with Crippen molar-refractivity contribution in [3.05, 3.63) is 35.4 Å². The molecule has 0 aliphatic heterocycles. The molecule has 0 aromatic heterocycles. The lowest BCUT2D eigenvalue weighted by Crippen LogP contribution is -2.62. The van der Waals surface area contributed by atoms with Gasteiger partial charge in [0.15, 0.2) is 0 Å². The summed E-state index contributed by atoms with van der Waals surface area (Å²) in [6, 6.07) is 6.15. The van der Waals surface area contributed by atoms with Crippen molar-refractivity contribution >= 4 is 5.97 Å². The molecule has 3 nitrogen and oxygen atoms in total. The number of benzene rings is 1. The van der Waals surface area contributed by atoms with Crippen molar-refractivity contribution in [2.45, 2.75) is 57.2 Å². The van der Waals surface area contributed by atoms with Gasteiger partial charge in [0.2, 0.25) is 0 Å². The van der Waals surface area contributed by atoms with Crippen molar-refractivity contribution in [1.29, 1.82) is 0 Å². The van der Waals surface area contributed by atoms with Gasteiger partial charge in [0, 0.05) is 0 Å². The molecule has 0 saturated carbocycles. The number of ether oxygens (including phenoxy) is 1. The quantitative estimate of drug-likeness (QED) is 0.620. The third kappa shape index (κ3) is 4.26. The number of aliphatic hydroxyl groups is 1. The Morgan fingerprint density at radius 1 is 1.00 bits per heavy atom. The average Bonchev–Trinajstić information content (AvgIpc) is 2.49. The molecule has 0 unspecified atom stereocenters. The van der Waals surface area contributed by atoms with Crippen LogP contribution in [-0.2, 0) is 21.6 Å². The van der Waals surface area contributed by atoms with Gasteiger partial charge in [0.05, 0.1) is 0 Å². The zero-order valence-corrected chi connectivity index (χ0v) is 13.8. The van der Waals surface area contributed by atoms with Crippen LogP contribution in [0.25, 0.3) is 0 Å². The van der Waals surface area contributed by atoms with Crippen molar-refractivity contribution in [2.75, 3.05) is 0 Å². The maximum Gasteiger partial charge on any atom is 0.437 e. The van der Waals surface area contributed by atoms with Crippen LogP contribution in [0.4, 0.5) is 26.3 Å². The van der Waals surface area contributed by atoms with Crippen LogP contribution in [0.1, 0.15) is 38.3 Å². The molecule has 1 aromatic rings. The van der Waals surface area contributed by atoms with Gasteiger partial charge in [0.1, 0.15) is 6.61 Å². The molecule has 0 radical (unpaired) electrons. The summed E-state index contributed by atoms with van der Waals surface area (Å²) in [4.78, 5) is 11.3. The summed E-state index contributed by atoms with van der Waals surface area (Å²) in [5, 5.41) is 8.89. The van der Waals surface area contributed by atoms with E-state index in [-0.39, 0.29) is 11.0 Å². The van der Waals surface area contributed by atoms with Gasteiger partial charge in [-0.1, -0.05) is 45.0 Å². The van der Waals surface area contributed by atoms with Crippen LogP contribution in [0, 0.1) is 0 Å². The van der Waals surface area contributed by atoms with E-state index in [0.717, 1.165) is 12.0 Å². The van der Waals surface area contributed by atoms with Gasteiger partial charge in [-0.2, -0.15) is 26.3 Å². The molecule has 0 amide bonds. The molecule has 0 heterocycles. The normalized spacial score (nSPS) is 13.7. The lowest BCUT2D eigenvalue weighted by atomic mass is 9.82. The van der Waals surface area contributed by atoms with Crippen molar-refractivity contribution < 1.29 is 41.0 Å². The third-order valence-electron chi connectivity index (χ3n) is 4.11. The van der Waals surface area contributed by atoms with Crippen molar-refractivity contribution in [3.8, 4) is 0 Å². The minimum Gasteiger partial charge on any atom is -0.458 e. The number of carbonyl (C=O) groups is 1. The second-order valence-electron chi connectivity index (χ2n) is 6.22. The number of alkyl halides is 6. The zero-order valence-electron chi connectivity index (χ0n) is 13.8. The molecule has 0 saturated heterocycles. The van der Waals surface area contributed by atoms with Gasteiger partial charge >= 0.3 is 23.9 Å². The number of hydrogen-bond donors (Lipinski definition) is 1. The van der Waals surface area contributed by atoms with E-state index in [1.807, 2.05) is 20.8 Å². The fraction of sp³-hybridized carbons (Fsp3) is 0.562. The highest BCUT2D eigenvalue weighted by atomic mass is 19.4. The summed E-state index contributed by atoms with van der Waals surface area (Å²) >= 11 is 0. The average molecular weight is 372 g/mol. The lowest BCUT2D eigenvalue weighted by Gasteiger charge is -2.29. The third-order valence-corrected chi connectivity index (χ3v) is 4.11. The number of esters is 1. The van der Waals surface area contributed by atoms with Crippen LogP contribution in [0.2, 0.25) is 0 Å². The molecule has 9 heteroatoms. The smallest absolute Gasteiger partial charge is 0.437 e. The summed E-state index contributed by atoms with van der Waals surface area (Å²) < 4.78 is 79.2. The SMILES string of the molecule is CCC(C)(C)c1ccc(COC(=O)C(O)(C(F)(F)F)C(F)(F)F)cc1. The van der Waals surface area contributed by atoms with E-state index in [9.17, 15) is 31.1 Å². The predicted molar refractivity (Wildman–Crippen MR) is 76.6 cm³/mol. The molecular weight excluding hydrogens is 354 g/mol. The van der Waals surface area contributed by atoms with Gasteiger partial charge in [0.25, 0.3) is 0 Å². The van der Waals surface area contributed by atoms with Gasteiger partial charge in [-0.05, 0) is 23.0 Å². The van der Waals surface area contributed by atoms with Gasteiger partial charge < -0.3 is 9.84 Å². The lowest BCUT2D eigenvalue weighted by molar-refractivity contribution is -0.357. The minimum atomic E-state index is -6.25. The van der Waals surface area contributed by atoms with Crippen LogP contribution in [0.3, 0.4) is 0 Å². The number of carbonyl (C=O) groups excluding carboxylic acids is 1. The highest BCUT2D eigenvalue weighted by Crippen LogP contribution is 2.44. The van der Waals surface area contributed by atoms with Gasteiger partial charge in [-0.3, -0.25) is 0 Å². The van der Waals surface area contributed by atoms with E-state index in [0.29, 0.717) is 0 Å². The Morgan fingerprint density at radius 2 is 1.44 bits per heavy atom. The van der Waals surface area contributed by atoms with Crippen LogP contribution in [0.15, 0.2) is 24.3 Å². The molecule has 25 heavy (non-hydrogen) atoms. The van der Waals surface area contributed by atoms with Crippen molar-refractivity contribution in [3.63, 3.8) is 0 Å². The van der Waals surface area contributed by atoms with E-state index in [4.69, 9.17) is 5.11 Å². The van der Waals surface area contributed by atoms with E-state index in [2.05, 4.69) is 4.74 Å². The Labute approximate surface area is 140 Å². The molecule has 1 aromatic carbocycles. The summed E-state index contributed by atoms with van der Waals surface area (Å²) in [6.45, 7) is 5.06. The van der Waals surface area contributed by atoms with Crippen LogP contribution < -0.4 is 0 Å². The topological polar surface area (TPSA) is 46.5 Å². The molecule has 0 aliphatic rings. The zero-order chi connectivity index (χ0) is 19.7. The highest BCUT2D eigenvalue weighted by Gasteiger charge is 2.76. The first-order valence-corrected chi connectivity index (χ1v) is 7.29. The summed E-state index contributed by atoms with van der Waals surface area (Å²) in [5.41, 5.74) is -4.63. The molecule has 0 spiro atoms. The van der Waals surface area contributed by atoms with Crippen LogP contribution in [0.5, 0.6) is 0 Å².